The van der Waals surface area contributed by atoms with Crippen LogP contribution in [0.5, 0.6) is 0 Å². The van der Waals surface area contributed by atoms with E-state index in [2.05, 4.69) is 5.32 Å². The van der Waals surface area contributed by atoms with Crippen molar-refractivity contribution in [3.05, 3.63) is 33.8 Å². The number of hydrogen-bond acceptors (Lipinski definition) is 2. The molecule has 0 saturated heterocycles. The molecule has 1 aromatic rings. The smallest absolute Gasteiger partial charge is 0.220 e. The number of carbonyl (C=O) groups excluding carboxylic acids is 1. The van der Waals surface area contributed by atoms with Gasteiger partial charge < -0.3 is 10.4 Å². The SMILES string of the molecule is CC(CO)C(C)NC(=O)CCc1cccc(Cl)c1Cl. The molecule has 0 saturated carbocycles. The zero-order valence-electron chi connectivity index (χ0n) is 11.1. The Kier molecular flexibility index (Phi) is 6.63. The van der Waals surface area contributed by atoms with Gasteiger partial charge in [0.1, 0.15) is 0 Å². The maximum absolute atomic E-state index is 11.8. The first-order valence-electron chi connectivity index (χ1n) is 6.28. The zero-order valence-corrected chi connectivity index (χ0v) is 12.6. The third-order valence-corrected chi connectivity index (χ3v) is 4.04. The molecule has 0 radical (unpaired) electrons. The summed E-state index contributed by atoms with van der Waals surface area (Å²) in [6.07, 6.45) is 0.897. The number of hydrogen-bond donors (Lipinski definition) is 2. The standard InChI is InChI=1S/C14H19Cl2NO2/c1-9(8-18)10(2)17-13(19)7-6-11-4-3-5-12(15)14(11)16/h3-5,9-10,18H,6-8H2,1-2H3,(H,17,19). The molecule has 1 rings (SSSR count). The third-order valence-electron chi connectivity index (χ3n) is 3.18. The first-order chi connectivity index (χ1) is 8.95. The topological polar surface area (TPSA) is 49.3 Å². The summed E-state index contributed by atoms with van der Waals surface area (Å²) in [6, 6.07) is 5.35. The van der Waals surface area contributed by atoms with Crippen LogP contribution >= 0.6 is 23.2 Å². The molecular weight excluding hydrogens is 285 g/mol. The van der Waals surface area contributed by atoms with Crippen molar-refractivity contribution >= 4 is 29.1 Å². The highest BCUT2D eigenvalue weighted by Crippen LogP contribution is 2.26. The van der Waals surface area contributed by atoms with E-state index in [1.54, 1.807) is 6.07 Å². The summed E-state index contributed by atoms with van der Waals surface area (Å²) in [5.74, 6) is -0.0115. The predicted molar refractivity (Wildman–Crippen MR) is 78.6 cm³/mol. The second-order valence-electron chi connectivity index (χ2n) is 4.73. The Bertz CT molecular complexity index is 437. The number of aryl methyl sites for hydroxylation is 1. The van der Waals surface area contributed by atoms with Crippen LogP contribution in [0.3, 0.4) is 0 Å². The minimum absolute atomic E-state index is 0.0405. The van der Waals surface area contributed by atoms with Crippen molar-refractivity contribution in [1.29, 1.82) is 0 Å². The number of carbonyl (C=O) groups is 1. The van der Waals surface area contributed by atoms with E-state index in [4.69, 9.17) is 28.3 Å². The normalized spacial score (nSPS) is 13.9. The van der Waals surface area contributed by atoms with Crippen LogP contribution in [0.1, 0.15) is 25.8 Å². The minimum atomic E-state index is -0.0520. The Morgan fingerprint density at radius 3 is 2.68 bits per heavy atom. The second kappa shape index (κ2) is 7.73. The molecule has 0 aromatic heterocycles. The van der Waals surface area contributed by atoms with E-state index >= 15 is 0 Å². The lowest BCUT2D eigenvalue weighted by atomic mass is 10.0. The number of rotatable bonds is 6. The van der Waals surface area contributed by atoms with Crippen molar-refractivity contribution in [3.8, 4) is 0 Å². The van der Waals surface area contributed by atoms with Gasteiger partial charge in [-0.3, -0.25) is 4.79 Å². The predicted octanol–water partition coefficient (Wildman–Crippen LogP) is 3.06. The highest BCUT2D eigenvalue weighted by molar-refractivity contribution is 6.42. The van der Waals surface area contributed by atoms with Crippen LogP contribution < -0.4 is 5.32 Å². The molecular formula is C14H19Cl2NO2. The largest absolute Gasteiger partial charge is 0.396 e. The summed E-state index contributed by atoms with van der Waals surface area (Å²) in [5, 5.41) is 12.9. The van der Waals surface area contributed by atoms with Crippen molar-refractivity contribution < 1.29 is 9.90 Å². The minimum Gasteiger partial charge on any atom is -0.396 e. The fourth-order valence-corrected chi connectivity index (χ4v) is 2.03. The molecule has 2 atom stereocenters. The zero-order chi connectivity index (χ0) is 14.4. The van der Waals surface area contributed by atoms with Crippen molar-refractivity contribution in [2.75, 3.05) is 6.61 Å². The number of aliphatic hydroxyl groups excluding tert-OH is 1. The van der Waals surface area contributed by atoms with Crippen molar-refractivity contribution in [2.24, 2.45) is 5.92 Å². The highest BCUT2D eigenvalue weighted by atomic mass is 35.5. The molecule has 0 aliphatic heterocycles. The summed E-state index contributed by atoms with van der Waals surface area (Å²) in [4.78, 5) is 11.8. The van der Waals surface area contributed by atoms with E-state index in [1.165, 1.54) is 0 Å². The van der Waals surface area contributed by atoms with Crippen LogP contribution in [0, 0.1) is 5.92 Å². The Balaban J connectivity index is 2.48. The van der Waals surface area contributed by atoms with Gasteiger partial charge in [0.05, 0.1) is 10.0 Å². The average molecular weight is 304 g/mol. The Morgan fingerprint density at radius 2 is 2.05 bits per heavy atom. The molecule has 0 spiro atoms. The molecule has 2 N–H and O–H groups in total. The Hall–Kier alpha value is -0.770. The summed E-state index contributed by atoms with van der Waals surface area (Å²) in [7, 11) is 0. The van der Waals surface area contributed by atoms with Gasteiger partial charge in [0, 0.05) is 19.1 Å². The van der Waals surface area contributed by atoms with E-state index in [-0.39, 0.29) is 24.5 Å². The maximum Gasteiger partial charge on any atom is 0.220 e. The molecule has 2 unspecified atom stereocenters. The fourth-order valence-electron chi connectivity index (χ4n) is 1.62. The van der Waals surface area contributed by atoms with Crippen LogP contribution in [-0.4, -0.2) is 23.7 Å². The van der Waals surface area contributed by atoms with Gasteiger partial charge in [-0.25, -0.2) is 0 Å². The van der Waals surface area contributed by atoms with Gasteiger partial charge in [-0.1, -0.05) is 42.3 Å². The van der Waals surface area contributed by atoms with Crippen LogP contribution in [0.2, 0.25) is 10.0 Å². The Labute approximate surface area is 123 Å². The summed E-state index contributed by atoms with van der Waals surface area (Å²) < 4.78 is 0. The van der Waals surface area contributed by atoms with Crippen LogP contribution in [-0.2, 0) is 11.2 Å². The van der Waals surface area contributed by atoms with Gasteiger partial charge in [0.2, 0.25) is 5.91 Å². The van der Waals surface area contributed by atoms with Gasteiger partial charge >= 0.3 is 0 Å². The lowest BCUT2D eigenvalue weighted by molar-refractivity contribution is -0.122. The first kappa shape index (κ1) is 16.3. The summed E-state index contributed by atoms with van der Waals surface area (Å²) in [6.45, 7) is 3.82. The molecule has 1 aromatic carbocycles. The number of aliphatic hydroxyl groups is 1. The van der Waals surface area contributed by atoms with E-state index in [0.717, 1.165) is 5.56 Å². The fraction of sp³-hybridized carbons (Fsp3) is 0.500. The van der Waals surface area contributed by atoms with Crippen molar-refractivity contribution in [3.63, 3.8) is 0 Å². The molecule has 1 amide bonds. The molecule has 19 heavy (non-hydrogen) atoms. The van der Waals surface area contributed by atoms with E-state index in [1.807, 2.05) is 26.0 Å². The summed E-state index contributed by atoms with van der Waals surface area (Å²) >= 11 is 12.0. The molecule has 0 aliphatic carbocycles. The monoisotopic (exact) mass is 303 g/mol. The number of nitrogens with one attached hydrogen (secondary N) is 1. The molecule has 0 heterocycles. The lowest BCUT2D eigenvalue weighted by Gasteiger charge is -2.19. The second-order valence-corrected chi connectivity index (χ2v) is 5.51. The number of halogens is 2. The summed E-state index contributed by atoms with van der Waals surface area (Å²) in [5.41, 5.74) is 0.868. The quantitative estimate of drug-likeness (QED) is 0.848. The van der Waals surface area contributed by atoms with E-state index in [9.17, 15) is 4.79 Å². The molecule has 0 fully saturated rings. The molecule has 106 valence electrons. The molecule has 0 bridgehead atoms. The first-order valence-corrected chi connectivity index (χ1v) is 7.04. The van der Waals surface area contributed by atoms with Crippen LogP contribution in [0.25, 0.3) is 0 Å². The van der Waals surface area contributed by atoms with Gasteiger partial charge in [-0.15, -0.1) is 0 Å². The number of amides is 1. The average Bonchev–Trinajstić information content (AvgIpc) is 2.39. The third kappa shape index (κ3) is 5.01. The van der Waals surface area contributed by atoms with Crippen molar-refractivity contribution in [1.82, 2.24) is 5.32 Å². The van der Waals surface area contributed by atoms with E-state index in [0.29, 0.717) is 22.9 Å². The van der Waals surface area contributed by atoms with Gasteiger partial charge in [0.25, 0.3) is 0 Å². The van der Waals surface area contributed by atoms with E-state index < -0.39 is 0 Å². The molecule has 5 heteroatoms. The highest BCUT2D eigenvalue weighted by Gasteiger charge is 2.14. The van der Waals surface area contributed by atoms with Gasteiger partial charge in [0.15, 0.2) is 0 Å². The Morgan fingerprint density at radius 1 is 1.37 bits per heavy atom. The maximum atomic E-state index is 11.8. The molecule has 3 nitrogen and oxygen atoms in total. The van der Waals surface area contributed by atoms with Gasteiger partial charge in [-0.05, 0) is 30.9 Å². The van der Waals surface area contributed by atoms with Gasteiger partial charge in [-0.2, -0.15) is 0 Å². The van der Waals surface area contributed by atoms with Crippen molar-refractivity contribution in [2.45, 2.75) is 32.7 Å². The van der Waals surface area contributed by atoms with Crippen LogP contribution in [0.4, 0.5) is 0 Å². The van der Waals surface area contributed by atoms with Crippen LogP contribution in [0.15, 0.2) is 18.2 Å². The molecule has 0 aliphatic rings. The lowest BCUT2D eigenvalue weighted by Crippen LogP contribution is -2.38. The number of benzene rings is 1.